The summed E-state index contributed by atoms with van der Waals surface area (Å²) in [5.41, 5.74) is 5.01. The Kier molecular flexibility index (Phi) is 5.14. The zero-order valence-electron chi connectivity index (χ0n) is 14.5. The molecule has 4 nitrogen and oxygen atoms in total. The van der Waals surface area contributed by atoms with E-state index in [-0.39, 0.29) is 5.91 Å². The third-order valence-corrected chi connectivity index (χ3v) is 4.76. The van der Waals surface area contributed by atoms with Crippen LogP contribution in [0.15, 0.2) is 36.7 Å². The number of likely N-dealkylation sites (tertiary alicyclic amines) is 1. The molecule has 1 aliphatic rings. The molecule has 3 rings (SSSR count). The lowest BCUT2D eigenvalue weighted by atomic mass is 10.1. The number of benzene rings is 1. The van der Waals surface area contributed by atoms with Crippen molar-refractivity contribution in [3.05, 3.63) is 53.3 Å². The first-order valence-corrected chi connectivity index (χ1v) is 8.73. The number of anilines is 2. The lowest BCUT2D eigenvalue weighted by molar-refractivity contribution is 0.0761. The van der Waals surface area contributed by atoms with Crippen molar-refractivity contribution in [3.63, 3.8) is 0 Å². The van der Waals surface area contributed by atoms with Gasteiger partial charge in [0.25, 0.3) is 5.91 Å². The fourth-order valence-electron chi connectivity index (χ4n) is 3.12. The summed E-state index contributed by atoms with van der Waals surface area (Å²) < 4.78 is 0. The number of aryl methyl sites for hydroxylation is 1. The highest BCUT2D eigenvalue weighted by Crippen LogP contribution is 2.23. The smallest absolute Gasteiger partial charge is 0.255 e. The van der Waals surface area contributed by atoms with Crippen LogP contribution >= 0.6 is 0 Å². The van der Waals surface area contributed by atoms with E-state index in [1.165, 1.54) is 24.0 Å². The molecular weight excluding hydrogens is 298 g/mol. The van der Waals surface area contributed by atoms with Gasteiger partial charge in [0.05, 0.1) is 17.4 Å². The number of rotatable bonds is 3. The third kappa shape index (κ3) is 3.75. The summed E-state index contributed by atoms with van der Waals surface area (Å²) >= 11 is 0. The van der Waals surface area contributed by atoms with Crippen LogP contribution in [0, 0.1) is 13.8 Å². The summed E-state index contributed by atoms with van der Waals surface area (Å²) in [5, 5.41) is 3.39. The van der Waals surface area contributed by atoms with Crippen molar-refractivity contribution in [1.82, 2.24) is 9.88 Å². The summed E-state index contributed by atoms with van der Waals surface area (Å²) in [4.78, 5) is 19.0. The molecule has 1 aromatic heterocycles. The predicted octanol–water partition coefficient (Wildman–Crippen LogP) is 4.46. The molecule has 0 bridgehead atoms. The minimum Gasteiger partial charge on any atom is -0.354 e. The topological polar surface area (TPSA) is 45.2 Å². The molecule has 2 aromatic rings. The molecule has 4 heteroatoms. The zero-order valence-corrected chi connectivity index (χ0v) is 14.5. The van der Waals surface area contributed by atoms with E-state index in [4.69, 9.17) is 0 Å². The fourth-order valence-corrected chi connectivity index (χ4v) is 3.12. The molecule has 1 N–H and O–H groups in total. The van der Waals surface area contributed by atoms with Crippen LogP contribution in [0.2, 0.25) is 0 Å². The number of carbonyl (C=O) groups excluding carboxylic acids is 1. The average molecular weight is 323 g/mol. The van der Waals surface area contributed by atoms with E-state index in [1.807, 2.05) is 23.1 Å². The summed E-state index contributed by atoms with van der Waals surface area (Å²) in [6.45, 7) is 5.90. The quantitative estimate of drug-likeness (QED) is 0.907. The number of amides is 1. The number of hydrogen-bond donors (Lipinski definition) is 1. The highest BCUT2D eigenvalue weighted by atomic mass is 16.2. The van der Waals surface area contributed by atoms with Crippen LogP contribution in [0.4, 0.5) is 11.4 Å². The van der Waals surface area contributed by atoms with Gasteiger partial charge >= 0.3 is 0 Å². The van der Waals surface area contributed by atoms with Crippen molar-refractivity contribution in [2.24, 2.45) is 0 Å². The lowest BCUT2D eigenvalue weighted by Crippen LogP contribution is -2.31. The van der Waals surface area contributed by atoms with Gasteiger partial charge in [0, 0.05) is 25.0 Å². The molecule has 24 heavy (non-hydrogen) atoms. The summed E-state index contributed by atoms with van der Waals surface area (Å²) in [6, 6.07) is 8.08. The maximum absolute atomic E-state index is 12.7. The Balaban J connectivity index is 1.78. The Morgan fingerprint density at radius 3 is 2.58 bits per heavy atom. The minimum absolute atomic E-state index is 0.0917. The molecule has 1 aromatic carbocycles. The molecule has 126 valence electrons. The number of carbonyl (C=O) groups is 1. The molecule has 0 unspecified atom stereocenters. The average Bonchev–Trinajstić information content (AvgIpc) is 2.88. The van der Waals surface area contributed by atoms with E-state index in [2.05, 4.69) is 30.2 Å². The van der Waals surface area contributed by atoms with E-state index >= 15 is 0 Å². The van der Waals surface area contributed by atoms with E-state index in [0.29, 0.717) is 5.56 Å². The van der Waals surface area contributed by atoms with Crippen LogP contribution in [0.5, 0.6) is 0 Å². The molecule has 1 saturated heterocycles. The van der Waals surface area contributed by atoms with Gasteiger partial charge in [0.1, 0.15) is 0 Å². The maximum atomic E-state index is 12.7. The fraction of sp³-hybridized carbons (Fsp3) is 0.400. The largest absolute Gasteiger partial charge is 0.354 e. The molecule has 2 heterocycles. The van der Waals surface area contributed by atoms with Gasteiger partial charge in [-0.25, -0.2) is 0 Å². The van der Waals surface area contributed by atoms with E-state index < -0.39 is 0 Å². The summed E-state index contributed by atoms with van der Waals surface area (Å²) in [7, 11) is 0. The van der Waals surface area contributed by atoms with Crippen molar-refractivity contribution in [2.45, 2.75) is 39.5 Å². The highest BCUT2D eigenvalue weighted by Gasteiger charge is 2.18. The molecule has 1 aliphatic heterocycles. The summed E-state index contributed by atoms with van der Waals surface area (Å²) in [6.07, 6.45) is 8.06. The summed E-state index contributed by atoms with van der Waals surface area (Å²) in [5.74, 6) is 0.0917. The second-order valence-electron chi connectivity index (χ2n) is 6.54. The molecule has 0 saturated carbocycles. The standard InChI is InChI=1S/C20H25N3O/c1-15-8-7-9-19(16(15)2)22-18-12-17(13-21-14-18)20(24)23-10-5-3-4-6-11-23/h7-9,12-14,22H,3-6,10-11H2,1-2H3. The second kappa shape index (κ2) is 7.47. The van der Waals surface area contributed by atoms with Crippen molar-refractivity contribution < 1.29 is 4.79 Å². The Hall–Kier alpha value is -2.36. The van der Waals surface area contributed by atoms with E-state index in [9.17, 15) is 4.79 Å². The van der Waals surface area contributed by atoms with Crippen molar-refractivity contribution >= 4 is 17.3 Å². The number of pyridine rings is 1. The Morgan fingerprint density at radius 2 is 1.83 bits per heavy atom. The van der Waals surface area contributed by atoms with Gasteiger partial charge in [-0.2, -0.15) is 0 Å². The number of aromatic nitrogens is 1. The van der Waals surface area contributed by atoms with E-state index in [1.54, 1.807) is 12.4 Å². The van der Waals surface area contributed by atoms with Gasteiger partial charge in [-0.15, -0.1) is 0 Å². The minimum atomic E-state index is 0.0917. The number of nitrogens with one attached hydrogen (secondary N) is 1. The molecular formula is C20H25N3O. The van der Waals surface area contributed by atoms with Gasteiger partial charge < -0.3 is 10.2 Å². The third-order valence-electron chi connectivity index (χ3n) is 4.76. The first-order chi connectivity index (χ1) is 11.6. The first kappa shape index (κ1) is 16.5. The van der Waals surface area contributed by atoms with Crippen LogP contribution in [0.3, 0.4) is 0 Å². The zero-order chi connectivity index (χ0) is 16.9. The molecule has 0 atom stereocenters. The Bertz CT molecular complexity index is 719. The first-order valence-electron chi connectivity index (χ1n) is 8.73. The van der Waals surface area contributed by atoms with Gasteiger partial charge in [-0.3, -0.25) is 9.78 Å². The van der Waals surface area contributed by atoms with Crippen molar-refractivity contribution in [3.8, 4) is 0 Å². The van der Waals surface area contributed by atoms with E-state index in [0.717, 1.165) is 37.3 Å². The van der Waals surface area contributed by atoms with Crippen LogP contribution in [-0.4, -0.2) is 28.9 Å². The molecule has 1 amide bonds. The molecule has 0 radical (unpaired) electrons. The second-order valence-corrected chi connectivity index (χ2v) is 6.54. The number of nitrogens with zero attached hydrogens (tertiary/aromatic N) is 2. The van der Waals surface area contributed by atoms with Gasteiger partial charge in [0.2, 0.25) is 0 Å². The Labute approximate surface area is 143 Å². The van der Waals surface area contributed by atoms with Gasteiger partial charge in [-0.05, 0) is 49.9 Å². The van der Waals surface area contributed by atoms with Crippen LogP contribution < -0.4 is 5.32 Å². The monoisotopic (exact) mass is 323 g/mol. The van der Waals surface area contributed by atoms with Crippen LogP contribution in [-0.2, 0) is 0 Å². The maximum Gasteiger partial charge on any atom is 0.255 e. The van der Waals surface area contributed by atoms with Gasteiger partial charge in [-0.1, -0.05) is 25.0 Å². The lowest BCUT2D eigenvalue weighted by Gasteiger charge is -2.20. The van der Waals surface area contributed by atoms with Crippen LogP contribution in [0.1, 0.15) is 47.2 Å². The Morgan fingerprint density at radius 1 is 1.08 bits per heavy atom. The highest BCUT2D eigenvalue weighted by molar-refractivity contribution is 5.95. The SMILES string of the molecule is Cc1cccc(Nc2cncc(C(=O)N3CCCCCC3)c2)c1C. The van der Waals surface area contributed by atoms with Gasteiger partial charge in [0.15, 0.2) is 0 Å². The van der Waals surface area contributed by atoms with Crippen molar-refractivity contribution in [1.29, 1.82) is 0 Å². The predicted molar refractivity (Wildman–Crippen MR) is 97.8 cm³/mol. The molecule has 0 aliphatic carbocycles. The van der Waals surface area contributed by atoms with Crippen LogP contribution in [0.25, 0.3) is 0 Å². The van der Waals surface area contributed by atoms with Crippen molar-refractivity contribution in [2.75, 3.05) is 18.4 Å². The normalized spacial score (nSPS) is 15.0. The number of hydrogen-bond acceptors (Lipinski definition) is 3. The molecule has 0 spiro atoms. The molecule has 1 fully saturated rings.